The molecule has 0 heterocycles. The van der Waals surface area contributed by atoms with Gasteiger partial charge in [-0.2, -0.15) is 0 Å². The summed E-state index contributed by atoms with van der Waals surface area (Å²) in [5.74, 6) is -3.84. The summed E-state index contributed by atoms with van der Waals surface area (Å²) < 4.78 is 9.74. The molecular formula is C19H26O8. The van der Waals surface area contributed by atoms with Crippen molar-refractivity contribution in [1.82, 2.24) is 0 Å². The number of carbonyl (C=O) groups is 4. The van der Waals surface area contributed by atoms with Gasteiger partial charge in [-0.25, -0.2) is 9.59 Å². The molecule has 0 aliphatic heterocycles. The Morgan fingerprint density at radius 2 is 1.37 bits per heavy atom. The Morgan fingerprint density at radius 1 is 0.926 bits per heavy atom. The van der Waals surface area contributed by atoms with Crippen LogP contribution in [0.4, 0.5) is 0 Å². The fourth-order valence-electron chi connectivity index (χ4n) is 1.70. The van der Waals surface area contributed by atoms with Crippen molar-refractivity contribution in [3.05, 3.63) is 50.6 Å². The first-order chi connectivity index (χ1) is 12.6. The van der Waals surface area contributed by atoms with E-state index >= 15 is 0 Å². The van der Waals surface area contributed by atoms with Crippen LogP contribution in [0.2, 0.25) is 0 Å². The van der Waals surface area contributed by atoms with Crippen molar-refractivity contribution in [3.8, 4) is 0 Å². The van der Waals surface area contributed by atoms with E-state index in [0.717, 1.165) is 24.3 Å². The van der Waals surface area contributed by atoms with Crippen LogP contribution in [-0.4, -0.2) is 58.1 Å². The highest BCUT2D eigenvalue weighted by Gasteiger charge is 2.53. The predicted molar refractivity (Wildman–Crippen MR) is 98.6 cm³/mol. The molecule has 27 heavy (non-hydrogen) atoms. The Morgan fingerprint density at radius 3 is 1.63 bits per heavy atom. The molecule has 150 valence electrons. The van der Waals surface area contributed by atoms with Gasteiger partial charge in [0.2, 0.25) is 11.6 Å². The Kier molecular flexibility index (Phi) is 13.1. The summed E-state index contributed by atoms with van der Waals surface area (Å²) in [7, 11) is 0. The zero-order valence-electron chi connectivity index (χ0n) is 15.6. The maximum atomic E-state index is 12.1. The molecule has 0 aromatic heterocycles. The van der Waals surface area contributed by atoms with Gasteiger partial charge >= 0.3 is 11.9 Å². The molecule has 8 nitrogen and oxygen atoms in total. The molecule has 0 saturated carbocycles. The molecule has 2 N–H and O–H groups in total. The number of aliphatic hydroxyl groups excluding tert-OH is 2. The van der Waals surface area contributed by atoms with Crippen molar-refractivity contribution < 1.29 is 38.9 Å². The Hall–Kier alpha value is -2.84. The minimum Gasteiger partial charge on any atom is -0.454 e. The van der Waals surface area contributed by atoms with Crippen molar-refractivity contribution in [2.45, 2.75) is 38.1 Å². The van der Waals surface area contributed by atoms with Gasteiger partial charge in [0.25, 0.3) is 5.60 Å². The van der Waals surface area contributed by atoms with Crippen LogP contribution in [0.5, 0.6) is 0 Å². The summed E-state index contributed by atoms with van der Waals surface area (Å²) in [6.45, 7) is 15.8. The van der Waals surface area contributed by atoms with Crippen molar-refractivity contribution in [1.29, 1.82) is 0 Å². The topological polar surface area (TPSA) is 127 Å². The zero-order valence-corrected chi connectivity index (χ0v) is 15.6. The smallest absolute Gasteiger partial charge is 0.331 e. The highest BCUT2D eigenvalue weighted by molar-refractivity contribution is 6.20. The van der Waals surface area contributed by atoms with Crippen LogP contribution in [0, 0.1) is 0 Å². The van der Waals surface area contributed by atoms with E-state index in [1.807, 2.05) is 0 Å². The van der Waals surface area contributed by atoms with Gasteiger partial charge in [-0.05, 0) is 32.4 Å². The standard InChI is InChI=1S/C15H16O6.C4H10O2/c1-6-11(16)15(12(17)7-2,21-14(19)9-4)10(5)20-13(18)8-3;1-4(6)2-3-5/h6-10H,1-4H2,5H3;4-6H,2-3H2,1H3. The van der Waals surface area contributed by atoms with Crippen LogP contribution >= 0.6 is 0 Å². The molecule has 8 heteroatoms. The fourth-order valence-corrected chi connectivity index (χ4v) is 1.70. The van der Waals surface area contributed by atoms with Gasteiger partial charge < -0.3 is 19.7 Å². The van der Waals surface area contributed by atoms with Crippen LogP contribution in [-0.2, 0) is 28.7 Å². The second-order valence-corrected chi connectivity index (χ2v) is 5.14. The number of carbonyl (C=O) groups excluding carboxylic acids is 4. The predicted octanol–water partition coefficient (Wildman–Crippen LogP) is 0.832. The molecule has 0 saturated heterocycles. The third kappa shape index (κ3) is 8.39. The van der Waals surface area contributed by atoms with Gasteiger partial charge in [-0.3, -0.25) is 9.59 Å². The molecule has 0 aliphatic rings. The van der Waals surface area contributed by atoms with Crippen molar-refractivity contribution in [2.75, 3.05) is 6.61 Å². The van der Waals surface area contributed by atoms with Gasteiger partial charge in [-0.1, -0.05) is 26.3 Å². The lowest BCUT2D eigenvalue weighted by atomic mass is 9.87. The van der Waals surface area contributed by atoms with Crippen LogP contribution in [0.3, 0.4) is 0 Å². The second kappa shape index (κ2) is 13.4. The first kappa shape index (κ1) is 26.4. The minimum atomic E-state index is -2.40. The SMILES string of the molecule is C=CC(=O)OC(C)C(OC(=O)C=C)(C(=O)C=C)C(=O)C=C.CC(O)CCO. The maximum Gasteiger partial charge on any atom is 0.331 e. The van der Waals surface area contributed by atoms with E-state index in [1.165, 1.54) is 6.92 Å². The largest absolute Gasteiger partial charge is 0.454 e. The summed E-state index contributed by atoms with van der Waals surface area (Å²) in [5, 5.41) is 16.5. The summed E-state index contributed by atoms with van der Waals surface area (Å²) in [6, 6.07) is 0. The summed E-state index contributed by atoms with van der Waals surface area (Å²) in [4.78, 5) is 46.9. The summed E-state index contributed by atoms with van der Waals surface area (Å²) >= 11 is 0. The van der Waals surface area contributed by atoms with Gasteiger partial charge in [0.1, 0.15) is 0 Å². The fraction of sp³-hybridized carbons (Fsp3) is 0.368. The molecule has 0 aliphatic carbocycles. The number of ether oxygens (including phenoxy) is 2. The number of esters is 2. The molecule has 0 spiro atoms. The lowest BCUT2D eigenvalue weighted by molar-refractivity contribution is -0.183. The van der Waals surface area contributed by atoms with E-state index in [0.29, 0.717) is 6.42 Å². The summed E-state index contributed by atoms with van der Waals surface area (Å²) in [6.07, 6.45) is 1.90. The zero-order chi connectivity index (χ0) is 21.6. The van der Waals surface area contributed by atoms with E-state index in [2.05, 4.69) is 26.3 Å². The maximum absolute atomic E-state index is 12.1. The quantitative estimate of drug-likeness (QED) is 0.306. The molecule has 0 amide bonds. The third-order valence-corrected chi connectivity index (χ3v) is 3.11. The van der Waals surface area contributed by atoms with Crippen molar-refractivity contribution in [2.24, 2.45) is 0 Å². The molecule has 0 aromatic carbocycles. The average molecular weight is 382 g/mol. The lowest BCUT2D eigenvalue weighted by Crippen LogP contribution is -2.58. The molecule has 0 fully saturated rings. The highest BCUT2D eigenvalue weighted by Crippen LogP contribution is 2.24. The molecule has 0 rings (SSSR count). The van der Waals surface area contributed by atoms with Crippen molar-refractivity contribution in [3.63, 3.8) is 0 Å². The van der Waals surface area contributed by atoms with E-state index in [9.17, 15) is 19.2 Å². The number of aliphatic hydroxyl groups is 2. The Bertz CT molecular complexity index is 569. The van der Waals surface area contributed by atoms with Crippen molar-refractivity contribution >= 4 is 23.5 Å². The monoisotopic (exact) mass is 382 g/mol. The molecule has 0 bridgehead atoms. The van der Waals surface area contributed by atoms with E-state index in [-0.39, 0.29) is 12.7 Å². The van der Waals surface area contributed by atoms with E-state index < -0.39 is 35.2 Å². The van der Waals surface area contributed by atoms with Crippen LogP contribution < -0.4 is 0 Å². The Balaban J connectivity index is 0. The molecular weight excluding hydrogens is 356 g/mol. The normalized spacial score (nSPS) is 12.1. The first-order valence-corrected chi connectivity index (χ1v) is 7.88. The van der Waals surface area contributed by atoms with E-state index in [4.69, 9.17) is 19.7 Å². The number of ketones is 2. The lowest BCUT2D eigenvalue weighted by Gasteiger charge is -2.32. The van der Waals surface area contributed by atoms with Gasteiger partial charge in [0.15, 0.2) is 6.10 Å². The van der Waals surface area contributed by atoms with Gasteiger partial charge in [0, 0.05) is 18.8 Å². The second-order valence-electron chi connectivity index (χ2n) is 5.14. The molecule has 2 atom stereocenters. The molecule has 0 radical (unpaired) electrons. The summed E-state index contributed by atoms with van der Waals surface area (Å²) in [5.41, 5.74) is -2.40. The van der Waals surface area contributed by atoms with Crippen LogP contribution in [0.25, 0.3) is 0 Å². The first-order valence-electron chi connectivity index (χ1n) is 7.88. The number of rotatable bonds is 11. The molecule has 2 unspecified atom stereocenters. The number of hydrogen-bond acceptors (Lipinski definition) is 8. The van der Waals surface area contributed by atoms with Gasteiger partial charge in [0.05, 0.1) is 6.10 Å². The average Bonchev–Trinajstić information content (AvgIpc) is 2.64. The number of hydrogen-bond donors (Lipinski definition) is 2. The molecule has 0 aromatic rings. The minimum absolute atomic E-state index is 0.0810. The van der Waals surface area contributed by atoms with Gasteiger partial charge in [-0.15, -0.1) is 0 Å². The van der Waals surface area contributed by atoms with Crippen LogP contribution in [0.15, 0.2) is 50.6 Å². The Labute approximate surface area is 158 Å². The van der Waals surface area contributed by atoms with Crippen LogP contribution in [0.1, 0.15) is 20.3 Å². The highest BCUT2D eigenvalue weighted by atomic mass is 16.6. The third-order valence-electron chi connectivity index (χ3n) is 3.11. The van der Waals surface area contributed by atoms with E-state index in [1.54, 1.807) is 6.92 Å².